The molecule has 24 heavy (non-hydrogen) atoms. The number of hydrogen-bond donors (Lipinski definition) is 0. The quantitative estimate of drug-likeness (QED) is 0.856. The number of ketones is 1. The van der Waals surface area contributed by atoms with Gasteiger partial charge in [-0.05, 0) is 35.9 Å². The van der Waals surface area contributed by atoms with Crippen molar-refractivity contribution in [2.75, 3.05) is 7.11 Å². The Kier molecular flexibility index (Phi) is 4.40. The Morgan fingerprint density at radius 3 is 2.33 bits per heavy atom. The summed E-state index contributed by atoms with van der Waals surface area (Å²) in [5.41, 5.74) is 0.785. The van der Waals surface area contributed by atoms with Gasteiger partial charge in [-0.25, -0.2) is 8.42 Å². The van der Waals surface area contributed by atoms with Gasteiger partial charge in [0.15, 0.2) is 5.78 Å². The summed E-state index contributed by atoms with van der Waals surface area (Å²) in [4.78, 5) is 12.0. The molecular weight excluding hydrogens is 326 g/mol. The van der Waals surface area contributed by atoms with Gasteiger partial charge >= 0.3 is 0 Å². The third-order valence-electron chi connectivity index (χ3n) is 3.93. The summed E-state index contributed by atoms with van der Waals surface area (Å²) in [5, 5.41) is 0. The maximum Gasteiger partial charge on any atom is 0.264 e. The summed E-state index contributed by atoms with van der Waals surface area (Å²) < 4.78 is 32.3. The predicted molar refractivity (Wildman–Crippen MR) is 90.0 cm³/mol. The van der Waals surface area contributed by atoms with Crippen LogP contribution in [0.4, 0.5) is 0 Å². The monoisotopic (exact) mass is 343 g/mol. The van der Waals surface area contributed by atoms with Crippen molar-refractivity contribution in [3.8, 4) is 5.75 Å². The lowest BCUT2D eigenvalue weighted by molar-refractivity contribution is -0.115. The number of sulfonamides is 1. The average molecular weight is 343 g/mol. The molecule has 0 fully saturated rings. The van der Waals surface area contributed by atoms with E-state index in [-0.39, 0.29) is 17.1 Å². The van der Waals surface area contributed by atoms with Gasteiger partial charge in [0, 0.05) is 12.6 Å². The highest BCUT2D eigenvalue weighted by molar-refractivity contribution is 7.89. The second kappa shape index (κ2) is 6.49. The lowest BCUT2D eigenvalue weighted by Crippen LogP contribution is -2.34. The van der Waals surface area contributed by atoms with E-state index < -0.39 is 16.1 Å². The van der Waals surface area contributed by atoms with Crippen LogP contribution >= 0.6 is 0 Å². The topological polar surface area (TPSA) is 63.7 Å². The largest absolute Gasteiger partial charge is 0.497 e. The van der Waals surface area contributed by atoms with Gasteiger partial charge in [-0.2, -0.15) is 0 Å². The number of rotatable bonds is 4. The zero-order valence-electron chi connectivity index (χ0n) is 13.1. The second-order valence-corrected chi connectivity index (χ2v) is 7.27. The molecule has 1 aliphatic rings. The summed E-state index contributed by atoms with van der Waals surface area (Å²) in [6.07, 6.45) is 2.78. The molecule has 1 aliphatic heterocycles. The molecule has 0 aliphatic carbocycles. The molecule has 1 atom stereocenters. The summed E-state index contributed by atoms with van der Waals surface area (Å²) in [5.74, 6) is 0.489. The molecule has 0 saturated heterocycles. The first kappa shape index (κ1) is 16.3. The van der Waals surface area contributed by atoms with Crippen LogP contribution in [0.2, 0.25) is 0 Å². The van der Waals surface area contributed by atoms with Gasteiger partial charge in [0.25, 0.3) is 10.0 Å². The number of allylic oxidation sites excluding steroid dienone is 1. The average Bonchev–Trinajstić information content (AvgIpc) is 2.62. The molecule has 124 valence electrons. The van der Waals surface area contributed by atoms with Crippen molar-refractivity contribution in [1.29, 1.82) is 0 Å². The number of hydrogen-bond acceptors (Lipinski definition) is 4. The molecule has 0 radical (unpaired) electrons. The molecule has 0 amide bonds. The minimum Gasteiger partial charge on any atom is -0.497 e. The van der Waals surface area contributed by atoms with Gasteiger partial charge in [0.2, 0.25) is 0 Å². The van der Waals surface area contributed by atoms with Crippen LogP contribution in [0.5, 0.6) is 5.75 Å². The van der Waals surface area contributed by atoms with Crippen molar-refractivity contribution in [2.24, 2.45) is 0 Å². The van der Waals surface area contributed by atoms with E-state index in [9.17, 15) is 13.2 Å². The van der Waals surface area contributed by atoms with Crippen LogP contribution in [-0.4, -0.2) is 25.6 Å². The molecule has 5 nitrogen and oxygen atoms in total. The highest BCUT2D eigenvalue weighted by atomic mass is 32.2. The first-order chi connectivity index (χ1) is 11.5. The van der Waals surface area contributed by atoms with E-state index in [2.05, 4.69) is 0 Å². The van der Waals surface area contributed by atoms with E-state index in [4.69, 9.17) is 4.74 Å². The van der Waals surface area contributed by atoms with Gasteiger partial charge in [0.1, 0.15) is 5.75 Å². The zero-order chi connectivity index (χ0) is 17.2. The fraction of sp³-hybridized carbons (Fsp3) is 0.167. The van der Waals surface area contributed by atoms with Crippen molar-refractivity contribution in [1.82, 2.24) is 4.31 Å². The number of nitrogens with zero attached hydrogens (tertiary/aromatic N) is 1. The van der Waals surface area contributed by atoms with Crippen LogP contribution in [0.15, 0.2) is 71.8 Å². The van der Waals surface area contributed by atoms with E-state index in [0.29, 0.717) is 5.75 Å². The summed E-state index contributed by atoms with van der Waals surface area (Å²) >= 11 is 0. The molecule has 6 heteroatoms. The van der Waals surface area contributed by atoms with Gasteiger partial charge < -0.3 is 4.74 Å². The standard InChI is InChI=1S/C18H17NO4S/c1-23-16-7-9-17(10-8-16)24(21,22)19-12-11-15(20)13-18(19)14-5-3-2-4-6-14/h2-12,18H,13H2,1H3/t18-/m1/s1. The molecule has 0 spiro atoms. The Hall–Kier alpha value is -2.60. The van der Waals surface area contributed by atoms with Crippen LogP contribution in [0, 0.1) is 0 Å². The first-order valence-electron chi connectivity index (χ1n) is 7.46. The summed E-state index contributed by atoms with van der Waals surface area (Å²) in [6.45, 7) is 0. The number of carbonyl (C=O) groups is 1. The third-order valence-corrected chi connectivity index (χ3v) is 5.73. The van der Waals surface area contributed by atoms with E-state index in [0.717, 1.165) is 5.56 Å². The minimum absolute atomic E-state index is 0.0926. The Morgan fingerprint density at radius 1 is 1.04 bits per heavy atom. The van der Waals surface area contributed by atoms with Crippen molar-refractivity contribution in [3.63, 3.8) is 0 Å². The SMILES string of the molecule is COc1ccc(S(=O)(=O)N2C=CC(=O)C[C@@H]2c2ccccc2)cc1. The van der Waals surface area contributed by atoms with Gasteiger partial charge in [-0.3, -0.25) is 9.10 Å². The highest BCUT2D eigenvalue weighted by Gasteiger charge is 2.33. The van der Waals surface area contributed by atoms with Crippen molar-refractivity contribution in [2.45, 2.75) is 17.4 Å². The predicted octanol–water partition coefficient (Wildman–Crippen LogP) is 2.91. The maximum absolute atomic E-state index is 13.0. The van der Waals surface area contributed by atoms with E-state index in [1.165, 1.54) is 35.8 Å². The van der Waals surface area contributed by atoms with Crippen LogP contribution in [0.3, 0.4) is 0 Å². The molecular formula is C18H17NO4S. The minimum atomic E-state index is -3.77. The molecule has 0 bridgehead atoms. The molecule has 3 rings (SSSR count). The molecule has 0 saturated carbocycles. The Labute approximate surface area is 141 Å². The highest BCUT2D eigenvalue weighted by Crippen LogP contribution is 2.33. The lowest BCUT2D eigenvalue weighted by Gasteiger charge is -2.32. The molecule has 2 aromatic carbocycles. The smallest absolute Gasteiger partial charge is 0.264 e. The zero-order valence-corrected chi connectivity index (χ0v) is 13.9. The van der Waals surface area contributed by atoms with E-state index >= 15 is 0 Å². The van der Waals surface area contributed by atoms with Crippen LogP contribution in [0.1, 0.15) is 18.0 Å². The number of carbonyl (C=O) groups excluding carboxylic acids is 1. The number of benzene rings is 2. The fourth-order valence-electron chi connectivity index (χ4n) is 2.67. The van der Waals surface area contributed by atoms with Crippen molar-refractivity contribution < 1.29 is 17.9 Å². The molecule has 0 aromatic heterocycles. The Balaban J connectivity index is 2.02. The molecule has 0 N–H and O–H groups in total. The maximum atomic E-state index is 13.0. The molecule has 2 aromatic rings. The summed E-state index contributed by atoms with van der Waals surface area (Å²) in [7, 11) is -2.25. The summed E-state index contributed by atoms with van der Waals surface area (Å²) in [6, 6.07) is 14.8. The second-order valence-electron chi connectivity index (χ2n) is 5.42. The molecule has 0 unspecified atom stereocenters. The normalized spacial score (nSPS) is 17.8. The third kappa shape index (κ3) is 3.05. The number of ether oxygens (including phenoxy) is 1. The fourth-order valence-corrected chi connectivity index (χ4v) is 4.14. The van der Waals surface area contributed by atoms with Crippen molar-refractivity contribution >= 4 is 15.8 Å². The van der Waals surface area contributed by atoms with E-state index in [1.54, 1.807) is 12.1 Å². The van der Waals surface area contributed by atoms with E-state index in [1.807, 2.05) is 30.3 Å². The van der Waals surface area contributed by atoms with Crippen LogP contribution in [-0.2, 0) is 14.8 Å². The Bertz CT molecular complexity index is 858. The van der Waals surface area contributed by atoms with Gasteiger partial charge in [-0.1, -0.05) is 30.3 Å². The Morgan fingerprint density at radius 2 is 1.71 bits per heavy atom. The molecule has 1 heterocycles. The number of methoxy groups -OCH3 is 1. The van der Waals surface area contributed by atoms with Gasteiger partial charge in [-0.15, -0.1) is 0 Å². The van der Waals surface area contributed by atoms with Crippen LogP contribution < -0.4 is 4.74 Å². The van der Waals surface area contributed by atoms with Gasteiger partial charge in [0.05, 0.1) is 18.0 Å². The van der Waals surface area contributed by atoms with Crippen LogP contribution in [0.25, 0.3) is 0 Å². The lowest BCUT2D eigenvalue weighted by atomic mass is 9.99. The first-order valence-corrected chi connectivity index (χ1v) is 8.90. The van der Waals surface area contributed by atoms with Crippen molar-refractivity contribution in [3.05, 3.63) is 72.4 Å².